The lowest BCUT2D eigenvalue weighted by Crippen LogP contribution is -2.59. The van der Waals surface area contributed by atoms with E-state index in [1.165, 1.54) is 5.57 Å². The van der Waals surface area contributed by atoms with Crippen molar-refractivity contribution in [3.8, 4) is 0 Å². The fourth-order valence-electron chi connectivity index (χ4n) is 8.36. The van der Waals surface area contributed by atoms with E-state index in [0.717, 1.165) is 46.3 Å². The Morgan fingerprint density at radius 3 is 2.66 bits per heavy atom. The molecule has 2 aliphatic carbocycles. The summed E-state index contributed by atoms with van der Waals surface area (Å²) in [6.45, 7) is 11.8. The van der Waals surface area contributed by atoms with E-state index in [1.807, 2.05) is 62.6 Å². The highest BCUT2D eigenvalue weighted by Crippen LogP contribution is 2.63. The maximum atomic E-state index is 14.0. The van der Waals surface area contributed by atoms with E-state index in [4.69, 9.17) is 5.73 Å². The molecule has 3 aliphatic rings. The van der Waals surface area contributed by atoms with Crippen LogP contribution in [0.2, 0.25) is 0 Å². The first-order valence-corrected chi connectivity index (χ1v) is 17.2. The van der Waals surface area contributed by atoms with Gasteiger partial charge in [-0.15, -0.1) is 0 Å². The lowest BCUT2D eigenvalue weighted by Gasteiger charge is -2.55. The van der Waals surface area contributed by atoms with Gasteiger partial charge in [0.05, 0.1) is 18.3 Å². The molecule has 2 fully saturated rings. The average Bonchev–Trinajstić information content (AvgIpc) is 3.37. The zero-order valence-electron chi connectivity index (χ0n) is 28.8. The number of nitrogens with one attached hydrogen (secondary N) is 1. The second kappa shape index (κ2) is 15.9. The molecular formula is C40H56N2O5. The van der Waals surface area contributed by atoms with Gasteiger partial charge >= 0.3 is 0 Å². The molecule has 7 N–H and O–H groups in total. The van der Waals surface area contributed by atoms with E-state index in [-0.39, 0.29) is 43.4 Å². The summed E-state index contributed by atoms with van der Waals surface area (Å²) in [6, 6.07) is 5.87. The highest BCUT2D eigenvalue weighted by molar-refractivity contribution is 5.97. The number of fused-ring (bicyclic) bond motifs is 1. The van der Waals surface area contributed by atoms with Crippen LogP contribution >= 0.6 is 0 Å². The Labute approximate surface area is 281 Å². The molecule has 0 amide bonds. The van der Waals surface area contributed by atoms with Gasteiger partial charge in [-0.1, -0.05) is 65.8 Å². The first kappa shape index (κ1) is 36.8. The van der Waals surface area contributed by atoms with Crippen LogP contribution in [-0.2, 0) is 11.2 Å². The number of carbonyl (C=O) groups is 1. The summed E-state index contributed by atoms with van der Waals surface area (Å²) in [5, 5.41) is 47.7. The molecule has 4 rings (SSSR count). The van der Waals surface area contributed by atoms with Crippen molar-refractivity contribution in [3.05, 3.63) is 99.8 Å². The third-order valence-corrected chi connectivity index (χ3v) is 11.0. The Hall–Kier alpha value is -3.07. The van der Waals surface area contributed by atoms with Crippen molar-refractivity contribution in [3.63, 3.8) is 0 Å². The predicted molar refractivity (Wildman–Crippen MR) is 190 cm³/mol. The van der Waals surface area contributed by atoms with E-state index >= 15 is 0 Å². The molecular weight excluding hydrogens is 588 g/mol. The van der Waals surface area contributed by atoms with Gasteiger partial charge in [0.15, 0.2) is 5.78 Å². The third kappa shape index (κ3) is 7.82. The minimum atomic E-state index is -1.20. The molecule has 1 aromatic carbocycles. The fourth-order valence-corrected chi connectivity index (χ4v) is 8.36. The van der Waals surface area contributed by atoms with Gasteiger partial charge in [-0.3, -0.25) is 4.79 Å². The van der Waals surface area contributed by atoms with Crippen molar-refractivity contribution in [2.45, 2.75) is 103 Å². The minimum absolute atomic E-state index is 0.00882. The smallest absolute Gasteiger partial charge is 0.162 e. The molecule has 1 aliphatic heterocycles. The number of carbonyl (C=O) groups excluding carboxylic acids is 1. The van der Waals surface area contributed by atoms with Crippen LogP contribution in [0.1, 0.15) is 102 Å². The Kier molecular flexibility index (Phi) is 12.4. The fraction of sp³-hybridized carbons (Fsp3) is 0.525. The standard InChI is InChI=1S/C40H56N2O5/c1-26(2)10-6-11-27(3)12-7-14-30(25-44)33-18-21-40(37(33)46)35(16-9-23-43)31(17-20-39(40,5)47)28(4)36(45)24-29-13-8-15-34-32(29)19-22-42-38(34)41/h7-8,10,12-15,19,22,33,35,37-38,42-44,46-47H,3,6,9,11,16-18,20-21,23-25,41H2,1-2,4-5H3. The van der Waals surface area contributed by atoms with Crippen molar-refractivity contribution in [1.82, 2.24) is 5.32 Å². The second-order valence-electron chi connectivity index (χ2n) is 14.2. The zero-order chi connectivity index (χ0) is 34.4. The van der Waals surface area contributed by atoms with E-state index in [2.05, 4.69) is 31.8 Å². The first-order chi connectivity index (χ1) is 22.4. The Morgan fingerprint density at radius 1 is 1.19 bits per heavy atom. The maximum absolute atomic E-state index is 14.0. The topological polar surface area (TPSA) is 136 Å². The second-order valence-corrected chi connectivity index (χ2v) is 14.2. The van der Waals surface area contributed by atoms with Crippen LogP contribution < -0.4 is 11.1 Å². The normalized spacial score (nSPS) is 29.9. The number of Topliss-reactive ketones (excluding diaryl/α,β-unsaturated/α-hetero) is 1. The molecule has 6 atom stereocenters. The van der Waals surface area contributed by atoms with Crippen molar-refractivity contribution in [2.75, 3.05) is 13.2 Å². The van der Waals surface area contributed by atoms with Crippen LogP contribution in [0.15, 0.2) is 83.1 Å². The third-order valence-electron chi connectivity index (χ3n) is 11.0. The van der Waals surface area contributed by atoms with Crippen LogP contribution in [0.4, 0.5) is 0 Å². The summed E-state index contributed by atoms with van der Waals surface area (Å²) in [5.74, 6) is -0.632. The van der Waals surface area contributed by atoms with Gasteiger partial charge in [-0.2, -0.15) is 0 Å². The largest absolute Gasteiger partial charge is 0.396 e. The predicted octanol–water partition coefficient (Wildman–Crippen LogP) is 6.11. The molecule has 0 bridgehead atoms. The summed E-state index contributed by atoms with van der Waals surface area (Å²) >= 11 is 0. The van der Waals surface area contributed by atoms with E-state index in [0.29, 0.717) is 44.1 Å². The Morgan fingerprint density at radius 2 is 1.96 bits per heavy atom. The molecule has 1 spiro atoms. The number of nitrogens with two attached hydrogens (primary N) is 1. The van der Waals surface area contributed by atoms with Crippen molar-refractivity contribution < 1.29 is 25.2 Å². The number of hydrogen-bond acceptors (Lipinski definition) is 7. The van der Waals surface area contributed by atoms with Gasteiger partial charge in [0.1, 0.15) is 6.17 Å². The molecule has 6 unspecified atom stereocenters. The number of aliphatic hydroxyl groups is 4. The molecule has 7 heteroatoms. The van der Waals surface area contributed by atoms with Crippen molar-refractivity contribution in [2.24, 2.45) is 23.0 Å². The number of ketones is 1. The Bertz CT molecular complexity index is 1460. The first-order valence-electron chi connectivity index (χ1n) is 17.2. The van der Waals surface area contributed by atoms with E-state index in [9.17, 15) is 25.2 Å². The molecule has 256 valence electrons. The van der Waals surface area contributed by atoms with Crippen molar-refractivity contribution in [1.29, 1.82) is 0 Å². The summed E-state index contributed by atoms with van der Waals surface area (Å²) in [4.78, 5) is 14.0. The average molecular weight is 645 g/mol. The van der Waals surface area contributed by atoms with Crippen molar-refractivity contribution >= 4 is 11.9 Å². The van der Waals surface area contributed by atoms with Gasteiger partial charge in [0, 0.05) is 24.4 Å². The summed E-state index contributed by atoms with van der Waals surface area (Å²) in [5.41, 5.74) is 11.6. The summed E-state index contributed by atoms with van der Waals surface area (Å²) < 4.78 is 0. The molecule has 7 nitrogen and oxygen atoms in total. The van der Waals surface area contributed by atoms with Crippen LogP contribution in [0.5, 0.6) is 0 Å². The molecule has 0 radical (unpaired) electrons. The van der Waals surface area contributed by atoms with Crippen LogP contribution in [0.25, 0.3) is 6.08 Å². The highest BCUT2D eigenvalue weighted by atomic mass is 16.3. The number of aliphatic hydroxyl groups excluding tert-OH is 3. The van der Waals surface area contributed by atoms with Crippen LogP contribution in [-0.4, -0.2) is 51.1 Å². The number of hydrogen-bond donors (Lipinski definition) is 6. The maximum Gasteiger partial charge on any atom is 0.162 e. The van der Waals surface area contributed by atoms with Crippen LogP contribution in [0, 0.1) is 17.3 Å². The van der Waals surface area contributed by atoms with E-state index in [1.54, 1.807) is 0 Å². The number of allylic oxidation sites excluding steroid dienone is 8. The van der Waals surface area contributed by atoms with Gasteiger partial charge in [0.2, 0.25) is 0 Å². The van der Waals surface area contributed by atoms with Gasteiger partial charge < -0.3 is 31.5 Å². The molecule has 0 saturated heterocycles. The monoisotopic (exact) mass is 644 g/mol. The zero-order valence-corrected chi connectivity index (χ0v) is 28.8. The number of rotatable bonds is 13. The molecule has 0 aromatic heterocycles. The van der Waals surface area contributed by atoms with E-state index < -0.39 is 17.1 Å². The molecule has 47 heavy (non-hydrogen) atoms. The Balaban J connectivity index is 1.64. The van der Waals surface area contributed by atoms with Gasteiger partial charge in [0.25, 0.3) is 0 Å². The van der Waals surface area contributed by atoms with Gasteiger partial charge in [-0.05, 0) is 125 Å². The lowest BCUT2D eigenvalue weighted by molar-refractivity contribution is -0.167. The lowest BCUT2D eigenvalue weighted by atomic mass is 9.52. The SMILES string of the molecule is C=C(C=CC=C(CO)C1CCC2(C(CCCO)C(=C(C)C(=O)Cc3cccc4c3C=CNC4N)CCC2(C)O)C1O)CCC=C(C)C. The number of benzene rings is 1. The molecule has 1 aromatic rings. The van der Waals surface area contributed by atoms with Gasteiger partial charge in [-0.25, -0.2) is 0 Å². The summed E-state index contributed by atoms with van der Waals surface area (Å²) in [7, 11) is 0. The molecule has 1 heterocycles. The quantitative estimate of drug-likeness (QED) is 0.0866. The highest BCUT2D eigenvalue weighted by Gasteiger charge is 2.64. The summed E-state index contributed by atoms with van der Waals surface area (Å²) in [6.07, 6.45) is 15.5. The minimum Gasteiger partial charge on any atom is -0.396 e. The van der Waals surface area contributed by atoms with Crippen LogP contribution in [0.3, 0.4) is 0 Å². The molecule has 2 saturated carbocycles.